The highest BCUT2D eigenvalue weighted by Gasteiger charge is 2.76. The van der Waals surface area contributed by atoms with Crippen LogP contribution in [0.2, 0.25) is 0 Å². The summed E-state index contributed by atoms with van der Waals surface area (Å²) in [4.78, 5) is 21.6. The molecule has 2 saturated carbocycles. The summed E-state index contributed by atoms with van der Waals surface area (Å²) in [5.41, 5.74) is -0.240. The van der Waals surface area contributed by atoms with Gasteiger partial charge in [-0.1, -0.05) is 0 Å². The molecule has 0 bridgehead atoms. The van der Waals surface area contributed by atoms with E-state index in [1.165, 1.54) is 9.21 Å². The molecule has 0 unspecified atom stereocenters. The number of hydrogen-bond donors (Lipinski definition) is 0. The van der Waals surface area contributed by atoms with E-state index in [0.717, 1.165) is 0 Å². The van der Waals surface area contributed by atoms with Crippen LogP contribution in [0.3, 0.4) is 0 Å². The van der Waals surface area contributed by atoms with Crippen molar-refractivity contribution in [1.29, 1.82) is 0 Å². The third kappa shape index (κ3) is 3.94. The summed E-state index contributed by atoms with van der Waals surface area (Å²) >= 11 is 0. The maximum absolute atomic E-state index is 14.0. The smallest absolute Gasteiger partial charge is 0.254 e. The number of rotatable bonds is 5. The standard InChI is InChI=1S/C24H34F2N4O4S/c1-15-7-8-20(21(27-15)30-16(2)12-34-13-17(30)3)35(32,33)29-9-5-6-19(29)22(31)28(4)18-10-23(11-18)14-24(23,25)26/h7-8,16-19H,5-6,9-14H2,1-4H3/t16-,17-,18?,19-,23?/m0/s1. The van der Waals surface area contributed by atoms with Crippen molar-refractivity contribution < 1.29 is 26.7 Å². The average Bonchev–Trinajstić information content (AvgIpc) is 3.09. The highest BCUT2D eigenvalue weighted by atomic mass is 32.2. The maximum atomic E-state index is 14.0. The number of ether oxygens (including phenoxy) is 1. The summed E-state index contributed by atoms with van der Waals surface area (Å²) in [7, 11) is -2.42. The van der Waals surface area contributed by atoms with E-state index in [0.29, 0.717) is 37.6 Å². The third-order valence-corrected chi connectivity index (χ3v) is 10.3. The summed E-state index contributed by atoms with van der Waals surface area (Å²) in [6, 6.07) is 2.03. The molecule has 8 nitrogen and oxygen atoms in total. The van der Waals surface area contributed by atoms with E-state index < -0.39 is 27.4 Å². The number of hydrogen-bond acceptors (Lipinski definition) is 6. The SMILES string of the molecule is Cc1ccc(S(=O)(=O)N2CCC[C@H]2C(=O)N(C)C2CC3(C2)CC3(F)F)c(N2[C@@H](C)COC[C@@H]2C)n1. The van der Waals surface area contributed by atoms with Gasteiger partial charge in [0.1, 0.15) is 16.8 Å². The van der Waals surface area contributed by atoms with Crippen LogP contribution in [0.15, 0.2) is 17.0 Å². The summed E-state index contributed by atoms with van der Waals surface area (Å²) in [5, 5.41) is 0. The number of carbonyl (C=O) groups excluding carboxylic acids is 1. The molecule has 3 atom stereocenters. The molecule has 0 radical (unpaired) electrons. The minimum absolute atomic E-state index is 0.0596. The molecule has 2 aliphatic heterocycles. The van der Waals surface area contributed by atoms with Crippen molar-refractivity contribution in [2.75, 3.05) is 31.7 Å². The Hall–Kier alpha value is -1.85. The Bertz CT molecular complexity index is 1110. The number of morpholine rings is 1. The number of halogens is 2. The summed E-state index contributed by atoms with van der Waals surface area (Å²) in [5.74, 6) is -2.56. The van der Waals surface area contributed by atoms with E-state index in [1.807, 2.05) is 25.7 Å². The van der Waals surface area contributed by atoms with Gasteiger partial charge in [0.25, 0.3) is 5.92 Å². The largest absolute Gasteiger partial charge is 0.377 e. The maximum Gasteiger partial charge on any atom is 0.254 e. The minimum atomic E-state index is -4.03. The molecule has 4 fully saturated rings. The molecular weight excluding hydrogens is 478 g/mol. The number of sulfonamides is 1. The molecule has 3 heterocycles. The van der Waals surface area contributed by atoms with Gasteiger partial charge in [-0.05, 0) is 58.6 Å². The Morgan fingerprint density at radius 1 is 1.20 bits per heavy atom. The lowest BCUT2D eigenvalue weighted by atomic mass is 9.75. The van der Waals surface area contributed by atoms with Gasteiger partial charge < -0.3 is 14.5 Å². The number of nitrogens with zero attached hydrogens (tertiary/aromatic N) is 4. The number of likely N-dealkylation sites (N-methyl/N-ethyl adjacent to an activating group) is 1. The molecule has 35 heavy (non-hydrogen) atoms. The number of carbonyl (C=O) groups is 1. The lowest BCUT2D eigenvalue weighted by Crippen LogP contribution is -2.54. The number of aromatic nitrogens is 1. The number of anilines is 1. The molecule has 4 aliphatic rings. The minimum Gasteiger partial charge on any atom is -0.377 e. The molecule has 194 valence electrons. The van der Waals surface area contributed by atoms with Crippen LogP contribution in [0.4, 0.5) is 14.6 Å². The van der Waals surface area contributed by atoms with Crippen LogP contribution in [0.5, 0.6) is 0 Å². The highest BCUT2D eigenvalue weighted by molar-refractivity contribution is 7.89. The Kier molecular flexibility index (Phi) is 5.92. The van der Waals surface area contributed by atoms with Crippen LogP contribution >= 0.6 is 0 Å². The molecule has 2 saturated heterocycles. The zero-order chi connectivity index (χ0) is 25.3. The summed E-state index contributed by atoms with van der Waals surface area (Å²) in [6.45, 7) is 6.94. The predicted octanol–water partition coefficient (Wildman–Crippen LogP) is 2.80. The van der Waals surface area contributed by atoms with Crippen LogP contribution in [-0.4, -0.2) is 85.4 Å². The first-order valence-electron chi connectivity index (χ1n) is 12.4. The fraction of sp³-hybridized carbons (Fsp3) is 0.750. The zero-order valence-corrected chi connectivity index (χ0v) is 21.5. The van der Waals surface area contributed by atoms with Crippen molar-refractivity contribution in [2.24, 2.45) is 5.41 Å². The van der Waals surface area contributed by atoms with Crippen molar-refractivity contribution in [3.8, 4) is 0 Å². The summed E-state index contributed by atoms with van der Waals surface area (Å²) in [6.07, 6.45) is 1.43. The number of amides is 1. The Balaban J connectivity index is 1.40. The van der Waals surface area contributed by atoms with Crippen molar-refractivity contribution in [2.45, 2.75) is 87.9 Å². The lowest BCUT2D eigenvalue weighted by molar-refractivity contribution is -0.140. The van der Waals surface area contributed by atoms with Gasteiger partial charge in [-0.3, -0.25) is 4.79 Å². The molecule has 1 aromatic heterocycles. The van der Waals surface area contributed by atoms with Crippen molar-refractivity contribution in [1.82, 2.24) is 14.2 Å². The fourth-order valence-corrected chi connectivity index (χ4v) is 7.87. The van der Waals surface area contributed by atoms with E-state index in [1.54, 1.807) is 19.2 Å². The second kappa shape index (κ2) is 8.34. The number of pyridine rings is 1. The Morgan fingerprint density at radius 3 is 2.43 bits per heavy atom. The van der Waals surface area contributed by atoms with Crippen LogP contribution < -0.4 is 4.90 Å². The van der Waals surface area contributed by atoms with E-state index in [2.05, 4.69) is 4.98 Å². The van der Waals surface area contributed by atoms with Gasteiger partial charge in [-0.2, -0.15) is 4.31 Å². The first kappa shape index (κ1) is 24.8. The van der Waals surface area contributed by atoms with E-state index in [9.17, 15) is 22.0 Å². The highest BCUT2D eigenvalue weighted by Crippen LogP contribution is 2.71. The molecule has 1 amide bonds. The van der Waals surface area contributed by atoms with Crippen molar-refractivity contribution >= 4 is 21.7 Å². The average molecular weight is 513 g/mol. The number of alkyl halides is 2. The van der Waals surface area contributed by atoms with Crippen molar-refractivity contribution in [3.63, 3.8) is 0 Å². The van der Waals surface area contributed by atoms with Gasteiger partial charge in [0, 0.05) is 37.2 Å². The molecule has 1 aromatic rings. The van der Waals surface area contributed by atoms with E-state index in [4.69, 9.17) is 4.74 Å². The fourth-order valence-electron chi connectivity index (χ4n) is 6.09. The zero-order valence-electron chi connectivity index (χ0n) is 20.7. The first-order chi connectivity index (χ1) is 16.4. The molecule has 0 N–H and O–H groups in total. The lowest BCUT2D eigenvalue weighted by Gasteiger charge is -2.43. The Labute approximate surface area is 205 Å². The van der Waals surface area contributed by atoms with Gasteiger partial charge >= 0.3 is 0 Å². The number of aryl methyl sites for hydroxylation is 1. The van der Waals surface area contributed by atoms with Crippen molar-refractivity contribution in [3.05, 3.63) is 17.8 Å². The third-order valence-electron chi connectivity index (χ3n) is 8.33. The van der Waals surface area contributed by atoms with Gasteiger partial charge in [0.15, 0.2) is 0 Å². The topological polar surface area (TPSA) is 83.1 Å². The molecule has 2 aliphatic carbocycles. The first-order valence-corrected chi connectivity index (χ1v) is 13.8. The van der Waals surface area contributed by atoms with Crippen LogP contribution in [-0.2, 0) is 19.6 Å². The molecule has 0 aromatic carbocycles. The van der Waals surface area contributed by atoms with Gasteiger partial charge in [0.2, 0.25) is 15.9 Å². The second-order valence-corrected chi connectivity index (χ2v) is 12.7. The van der Waals surface area contributed by atoms with E-state index >= 15 is 0 Å². The normalized spacial score (nSPS) is 34.6. The van der Waals surface area contributed by atoms with Gasteiger partial charge in [0.05, 0.1) is 25.3 Å². The molecule has 5 rings (SSSR count). The van der Waals surface area contributed by atoms with E-state index in [-0.39, 0.29) is 54.7 Å². The van der Waals surface area contributed by atoms with Crippen LogP contribution in [0.1, 0.15) is 51.6 Å². The van der Waals surface area contributed by atoms with Crippen LogP contribution in [0, 0.1) is 12.3 Å². The van der Waals surface area contributed by atoms with Gasteiger partial charge in [-0.25, -0.2) is 22.2 Å². The quantitative estimate of drug-likeness (QED) is 0.604. The second-order valence-electron chi connectivity index (χ2n) is 10.9. The van der Waals surface area contributed by atoms with Gasteiger partial charge in [-0.15, -0.1) is 0 Å². The summed E-state index contributed by atoms with van der Waals surface area (Å²) < 4.78 is 62.1. The molecule has 1 spiro atoms. The predicted molar refractivity (Wildman–Crippen MR) is 126 cm³/mol. The Morgan fingerprint density at radius 2 is 1.83 bits per heavy atom. The monoisotopic (exact) mass is 512 g/mol. The molecular formula is C24H34F2N4O4S. The van der Waals surface area contributed by atoms with Crippen LogP contribution in [0.25, 0.3) is 0 Å². The molecule has 11 heteroatoms.